The van der Waals surface area contributed by atoms with Gasteiger partial charge in [-0.1, -0.05) is 0 Å². The van der Waals surface area contributed by atoms with Crippen LogP contribution in [0.25, 0.3) is 38.2 Å². The predicted octanol–water partition coefficient (Wildman–Crippen LogP) is 6.16. The van der Waals surface area contributed by atoms with Gasteiger partial charge in [0.15, 0.2) is 17.0 Å². The van der Waals surface area contributed by atoms with Crippen LogP contribution in [0.4, 0.5) is 32.0 Å². The number of carbonyl (C=O) groups is 2. The summed E-state index contributed by atoms with van der Waals surface area (Å²) in [7, 11) is 1.61. The van der Waals surface area contributed by atoms with E-state index in [0.717, 1.165) is 24.3 Å². The van der Waals surface area contributed by atoms with E-state index in [1.54, 1.807) is 20.2 Å². The van der Waals surface area contributed by atoms with Gasteiger partial charge in [0.05, 0.1) is 17.1 Å². The van der Waals surface area contributed by atoms with Gasteiger partial charge in [-0.15, -0.1) is 11.3 Å². The van der Waals surface area contributed by atoms with Crippen LogP contribution in [0.2, 0.25) is 0 Å². The van der Waals surface area contributed by atoms with Crippen LogP contribution in [0.5, 0.6) is 0 Å². The van der Waals surface area contributed by atoms with Crippen LogP contribution in [-0.4, -0.2) is 41.2 Å². The van der Waals surface area contributed by atoms with E-state index in [1.165, 1.54) is 16.8 Å². The van der Waals surface area contributed by atoms with Crippen LogP contribution >= 0.6 is 11.3 Å². The van der Waals surface area contributed by atoms with E-state index < -0.39 is 47.3 Å². The summed E-state index contributed by atoms with van der Waals surface area (Å²) >= 11 is 0.659. The minimum absolute atomic E-state index is 0.0462. The first-order chi connectivity index (χ1) is 21.2. The van der Waals surface area contributed by atoms with E-state index in [-0.39, 0.29) is 43.2 Å². The molecule has 10 nitrogen and oxygen atoms in total. The molecule has 0 saturated carbocycles. The lowest BCUT2D eigenvalue weighted by Crippen LogP contribution is -2.18. The Morgan fingerprint density at radius 2 is 1.73 bits per heavy atom. The molecule has 1 aromatic carbocycles. The summed E-state index contributed by atoms with van der Waals surface area (Å²) in [6.07, 6.45) is -6.35. The number of hydrogen-bond donors (Lipinski definition) is 2. The first-order valence-electron chi connectivity index (χ1n) is 12.8. The van der Waals surface area contributed by atoms with Crippen molar-refractivity contribution in [2.45, 2.75) is 19.5 Å². The van der Waals surface area contributed by atoms with Gasteiger partial charge in [-0.25, -0.2) is 27.7 Å². The van der Waals surface area contributed by atoms with Gasteiger partial charge in [-0.2, -0.15) is 23.4 Å². The van der Waals surface area contributed by atoms with Crippen molar-refractivity contribution in [3.63, 3.8) is 0 Å². The molecular weight excluding hydrogens is 626 g/mol. The first-order valence-corrected chi connectivity index (χ1v) is 13.6. The zero-order valence-corrected chi connectivity index (χ0v) is 23.8. The summed E-state index contributed by atoms with van der Waals surface area (Å²) in [4.78, 5) is 33.8. The van der Waals surface area contributed by atoms with E-state index >= 15 is 0 Å². The van der Waals surface area contributed by atoms with Crippen molar-refractivity contribution in [3.05, 3.63) is 82.1 Å². The molecule has 6 rings (SSSR count). The third-order valence-corrected chi connectivity index (χ3v) is 7.86. The van der Waals surface area contributed by atoms with Crippen LogP contribution in [0, 0.1) is 12.7 Å². The molecular formula is C28H18F6N8O2S. The summed E-state index contributed by atoms with van der Waals surface area (Å²) in [6, 6.07) is 7.43. The zero-order chi connectivity index (χ0) is 32.4. The van der Waals surface area contributed by atoms with Crippen molar-refractivity contribution in [3.8, 4) is 22.4 Å². The first kappa shape index (κ1) is 29.7. The van der Waals surface area contributed by atoms with Crippen LogP contribution < -0.4 is 11.1 Å². The molecule has 5 aromatic heterocycles. The zero-order valence-electron chi connectivity index (χ0n) is 22.9. The molecule has 6 aromatic rings. The summed E-state index contributed by atoms with van der Waals surface area (Å²) in [5.74, 6) is -2.66. The number of nitrogens with two attached hydrogens (primary N) is 1. The van der Waals surface area contributed by atoms with Crippen LogP contribution in [0.1, 0.15) is 43.7 Å². The van der Waals surface area contributed by atoms with Crippen molar-refractivity contribution < 1.29 is 35.9 Å². The largest absolute Gasteiger partial charge is 0.433 e. The predicted molar refractivity (Wildman–Crippen MR) is 151 cm³/mol. The Kier molecular flexibility index (Phi) is 7.06. The highest BCUT2D eigenvalue weighted by Gasteiger charge is 2.36. The van der Waals surface area contributed by atoms with Crippen molar-refractivity contribution in [1.29, 1.82) is 0 Å². The average molecular weight is 645 g/mol. The molecule has 0 aliphatic carbocycles. The summed E-state index contributed by atoms with van der Waals surface area (Å²) in [6.45, 7) is 1.63. The molecule has 230 valence electrons. The molecule has 0 radical (unpaired) electrons. The van der Waals surface area contributed by atoms with Crippen LogP contribution in [-0.2, 0) is 13.2 Å². The molecule has 0 spiro atoms. The van der Waals surface area contributed by atoms with Gasteiger partial charge in [0.2, 0.25) is 0 Å². The molecule has 3 N–H and O–H groups in total. The fourth-order valence-corrected chi connectivity index (χ4v) is 5.85. The molecule has 0 atom stereocenters. The molecule has 0 saturated heterocycles. The third-order valence-electron chi connectivity index (χ3n) is 6.76. The number of hydrogen-bond acceptors (Lipinski definition) is 7. The molecule has 17 heteroatoms. The number of anilines is 1. The Balaban J connectivity index is 1.50. The maximum Gasteiger partial charge on any atom is 0.433 e. The number of primary amides is 1. The number of benzene rings is 1. The summed E-state index contributed by atoms with van der Waals surface area (Å²) in [5, 5.41) is 10.6. The highest BCUT2D eigenvalue weighted by Crippen LogP contribution is 2.43. The summed E-state index contributed by atoms with van der Waals surface area (Å²) in [5.41, 5.74) is 3.69. The molecule has 0 aliphatic heterocycles. The standard InChI is InChI=1S/C28H18F6N8O2S/c1-11-15(10-41(2)39-11)14-7-17(24(30)31)37-27-21(14)22(23(45-27)25(35)43)38-26(44)18-9-20-36-16(12-3-5-13(29)6-4-12)8-19(28(32,33)34)42(20)40-18/h3-10,24H,1-2H3,(H2,35,43)(H,38,44). The molecule has 0 unspecified atom stereocenters. The van der Waals surface area contributed by atoms with Crippen molar-refractivity contribution in [1.82, 2.24) is 29.4 Å². The second-order valence-corrected chi connectivity index (χ2v) is 10.8. The monoisotopic (exact) mass is 644 g/mol. The SMILES string of the molecule is Cc1nn(C)cc1-c1cc(C(F)F)nc2sc(C(N)=O)c(NC(=O)c3cc4nc(-c5ccc(F)cc5)cc(C(F)(F)F)n4n3)c12. The number of aryl methyl sites for hydroxylation is 2. The maximum atomic E-state index is 14.1. The number of aromatic nitrogens is 6. The second kappa shape index (κ2) is 10.7. The van der Waals surface area contributed by atoms with Gasteiger partial charge in [0.25, 0.3) is 18.2 Å². The second-order valence-electron chi connectivity index (χ2n) is 9.83. The number of fused-ring (bicyclic) bond motifs is 2. The lowest BCUT2D eigenvalue weighted by atomic mass is 10.0. The van der Waals surface area contributed by atoms with Gasteiger partial charge in [0.1, 0.15) is 21.2 Å². The Morgan fingerprint density at radius 1 is 1.02 bits per heavy atom. The quantitative estimate of drug-likeness (QED) is 0.209. The van der Waals surface area contributed by atoms with Gasteiger partial charge in [-0.05, 0) is 48.9 Å². The van der Waals surface area contributed by atoms with Crippen molar-refractivity contribution in [2.24, 2.45) is 12.8 Å². The number of carbonyl (C=O) groups excluding carboxylic acids is 2. The van der Waals surface area contributed by atoms with E-state index in [9.17, 15) is 35.9 Å². The van der Waals surface area contributed by atoms with E-state index in [1.807, 2.05) is 0 Å². The number of nitrogens with one attached hydrogen (secondary N) is 1. The molecule has 5 heterocycles. The number of amides is 2. The fourth-order valence-electron chi connectivity index (χ4n) is 4.83. The van der Waals surface area contributed by atoms with Crippen molar-refractivity contribution in [2.75, 3.05) is 5.32 Å². The Bertz CT molecular complexity index is 2150. The topological polar surface area (TPSA) is 133 Å². The lowest BCUT2D eigenvalue weighted by Gasteiger charge is -2.11. The molecule has 0 bridgehead atoms. The molecule has 0 aliphatic rings. The third kappa shape index (κ3) is 5.34. The number of rotatable bonds is 6. The van der Waals surface area contributed by atoms with Gasteiger partial charge < -0.3 is 11.1 Å². The number of halogens is 6. The number of pyridine rings is 1. The van der Waals surface area contributed by atoms with Gasteiger partial charge in [0, 0.05) is 35.8 Å². The van der Waals surface area contributed by atoms with Crippen molar-refractivity contribution >= 4 is 44.7 Å². The normalized spacial score (nSPS) is 12.0. The maximum absolute atomic E-state index is 14.1. The fraction of sp³-hybridized carbons (Fsp3) is 0.143. The van der Waals surface area contributed by atoms with E-state index in [2.05, 4.69) is 25.5 Å². The van der Waals surface area contributed by atoms with E-state index in [4.69, 9.17) is 5.73 Å². The minimum atomic E-state index is -4.93. The van der Waals surface area contributed by atoms with Gasteiger partial charge >= 0.3 is 6.18 Å². The average Bonchev–Trinajstić information content (AvgIpc) is 3.66. The minimum Gasteiger partial charge on any atom is -0.365 e. The van der Waals surface area contributed by atoms with Gasteiger partial charge in [-0.3, -0.25) is 14.3 Å². The number of thiophene rings is 1. The molecule has 2 amide bonds. The number of alkyl halides is 5. The molecule has 45 heavy (non-hydrogen) atoms. The van der Waals surface area contributed by atoms with Crippen LogP contribution in [0.3, 0.4) is 0 Å². The Hall–Kier alpha value is -5.32. The lowest BCUT2D eigenvalue weighted by molar-refractivity contribution is -0.142. The smallest absolute Gasteiger partial charge is 0.365 e. The highest BCUT2D eigenvalue weighted by molar-refractivity contribution is 7.21. The van der Waals surface area contributed by atoms with E-state index in [0.29, 0.717) is 33.2 Å². The highest BCUT2D eigenvalue weighted by atomic mass is 32.1. The van der Waals surface area contributed by atoms with Crippen LogP contribution in [0.15, 0.2) is 48.7 Å². The Labute approximate surface area is 252 Å². The number of nitrogens with zero attached hydrogens (tertiary/aromatic N) is 6. The molecule has 0 fully saturated rings. The summed E-state index contributed by atoms with van der Waals surface area (Å²) < 4.78 is 85.1. The Morgan fingerprint density at radius 3 is 2.33 bits per heavy atom.